The van der Waals surface area contributed by atoms with Gasteiger partial charge < -0.3 is 9.80 Å². The SMILES string of the molecule is CC(C)C(C(=O)N1CC(C)N(CCN(C)C)C(C)C1)c1ccc(F)cc1. The maximum absolute atomic E-state index is 13.3. The fraction of sp³-hybridized carbons (Fsp3) is 0.667. The van der Waals surface area contributed by atoms with Crippen LogP contribution in [0.1, 0.15) is 39.2 Å². The van der Waals surface area contributed by atoms with Crippen LogP contribution in [-0.4, -0.2) is 73.0 Å². The lowest BCUT2D eigenvalue weighted by atomic mass is 9.86. The second-order valence-corrected chi connectivity index (χ2v) is 8.26. The molecule has 0 aromatic heterocycles. The molecular formula is C21H34FN3O. The third-order valence-electron chi connectivity index (χ3n) is 5.38. The molecule has 5 heteroatoms. The number of amides is 1. The maximum atomic E-state index is 13.3. The van der Waals surface area contributed by atoms with Crippen LogP contribution in [0.25, 0.3) is 0 Å². The minimum Gasteiger partial charge on any atom is -0.339 e. The molecule has 3 unspecified atom stereocenters. The highest BCUT2D eigenvalue weighted by atomic mass is 19.1. The lowest BCUT2D eigenvalue weighted by Gasteiger charge is -2.46. The molecule has 26 heavy (non-hydrogen) atoms. The second kappa shape index (κ2) is 8.96. The minimum absolute atomic E-state index is 0.164. The number of carbonyl (C=O) groups is 1. The first-order valence-corrected chi connectivity index (χ1v) is 9.65. The molecule has 1 aliphatic heterocycles. The summed E-state index contributed by atoms with van der Waals surface area (Å²) in [6, 6.07) is 7.06. The van der Waals surface area contributed by atoms with Gasteiger partial charge in [-0.25, -0.2) is 4.39 Å². The number of hydrogen-bond donors (Lipinski definition) is 0. The van der Waals surface area contributed by atoms with Crippen molar-refractivity contribution in [2.75, 3.05) is 40.3 Å². The normalized spacial score (nSPS) is 22.9. The lowest BCUT2D eigenvalue weighted by molar-refractivity contribution is -0.138. The lowest BCUT2D eigenvalue weighted by Crippen LogP contribution is -2.59. The number of carbonyl (C=O) groups excluding carboxylic acids is 1. The molecular weight excluding hydrogens is 329 g/mol. The predicted octanol–water partition coefficient (Wildman–Crippen LogP) is 3.05. The van der Waals surface area contributed by atoms with E-state index < -0.39 is 0 Å². The molecule has 0 saturated carbocycles. The standard InChI is InChI=1S/C21H34FN3O/c1-15(2)20(18-7-9-19(22)10-8-18)21(26)24-13-16(3)25(17(4)14-24)12-11-23(5)6/h7-10,15-17,20H,11-14H2,1-6H3. The number of piperazine rings is 1. The van der Waals surface area contributed by atoms with Crippen molar-refractivity contribution in [2.24, 2.45) is 5.92 Å². The van der Waals surface area contributed by atoms with Crippen LogP contribution in [0.2, 0.25) is 0 Å². The van der Waals surface area contributed by atoms with Gasteiger partial charge in [0.25, 0.3) is 0 Å². The van der Waals surface area contributed by atoms with E-state index >= 15 is 0 Å². The predicted molar refractivity (Wildman–Crippen MR) is 105 cm³/mol. The van der Waals surface area contributed by atoms with Crippen molar-refractivity contribution in [2.45, 2.75) is 45.7 Å². The highest BCUT2D eigenvalue weighted by Gasteiger charge is 2.35. The molecule has 0 radical (unpaired) electrons. The zero-order chi connectivity index (χ0) is 19.4. The molecule has 1 amide bonds. The summed E-state index contributed by atoms with van der Waals surface area (Å²) in [6.45, 7) is 12.1. The van der Waals surface area contributed by atoms with E-state index in [4.69, 9.17) is 0 Å². The zero-order valence-electron chi connectivity index (χ0n) is 17.1. The summed E-state index contributed by atoms with van der Waals surface area (Å²) in [7, 11) is 4.18. The van der Waals surface area contributed by atoms with Crippen LogP contribution in [0.4, 0.5) is 4.39 Å². The monoisotopic (exact) mass is 363 g/mol. The van der Waals surface area contributed by atoms with Crippen molar-refractivity contribution < 1.29 is 9.18 Å². The van der Waals surface area contributed by atoms with Crippen molar-refractivity contribution in [3.63, 3.8) is 0 Å². The van der Waals surface area contributed by atoms with Crippen LogP contribution in [0.15, 0.2) is 24.3 Å². The van der Waals surface area contributed by atoms with Gasteiger partial charge in [0, 0.05) is 38.3 Å². The number of likely N-dealkylation sites (N-methyl/N-ethyl adjacent to an activating group) is 1. The molecule has 1 heterocycles. The molecule has 3 atom stereocenters. The van der Waals surface area contributed by atoms with E-state index in [-0.39, 0.29) is 23.6 Å². The average Bonchev–Trinajstić information content (AvgIpc) is 2.55. The van der Waals surface area contributed by atoms with Crippen LogP contribution in [0.5, 0.6) is 0 Å². The van der Waals surface area contributed by atoms with Crippen molar-refractivity contribution in [3.05, 3.63) is 35.6 Å². The molecule has 1 aliphatic rings. The van der Waals surface area contributed by atoms with Gasteiger partial charge in [0.2, 0.25) is 5.91 Å². The topological polar surface area (TPSA) is 26.8 Å². The molecule has 0 aliphatic carbocycles. The van der Waals surface area contributed by atoms with Crippen molar-refractivity contribution in [1.82, 2.24) is 14.7 Å². The molecule has 1 aromatic carbocycles. The maximum Gasteiger partial charge on any atom is 0.230 e. The second-order valence-electron chi connectivity index (χ2n) is 8.26. The van der Waals surface area contributed by atoms with Crippen LogP contribution in [0.3, 0.4) is 0 Å². The third-order valence-corrected chi connectivity index (χ3v) is 5.38. The molecule has 4 nitrogen and oxygen atoms in total. The molecule has 0 N–H and O–H groups in total. The summed E-state index contributed by atoms with van der Waals surface area (Å²) in [5.41, 5.74) is 0.904. The number of rotatable bonds is 6. The average molecular weight is 364 g/mol. The largest absolute Gasteiger partial charge is 0.339 e. The fourth-order valence-electron chi connectivity index (χ4n) is 3.97. The molecule has 1 fully saturated rings. The Kier molecular flexibility index (Phi) is 7.18. The first-order chi connectivity index (χ1) is 12.2. The van der Waals surface area contributed by atoms with Crippen LogP contribution in [-0.2, 0) is 4.79 Å². The molecule has 0 bridgehead atoms. The van der Waals surface area contributed by atoms with Crippen LogP contribution >= 0.6 is 0 Å². The molecule has 2 rings (SSSR count). The van der Waals surface area contributed by atoms with Crippen LogP contribution < -0.4 is 0 Å². The van der Waals surface area contributed by atoms with Crippen molar-refractivity contribution in [1.29, 1.82) is 0 Å². The summed E-state index contributed by atoms with van der Waals surface area (Å²) in [5.74, 6) is -0.147. The molecule has 1 aromatic rings. The molecule has 1 saturated heterocycles. The van der Waals surface area contributed by atoms with Gasteiger partial charge in [-0.1, -0.05) is 26.0 Å². The van der Waals surface area contributed by atoms with Gasteiger partial charge in [-0.05, 0) is 51.6 Å². The Morgan fingerprint density at radius 3 is 2.15 bits per heavy atom. The van der Waals surface area contributed by atoms with Gasteiger partial charge in [-0.3, -0.25) is 9.69 Å². The summed E-state index contributed by atoms with van der Waals surface area (Å²) >= 11 is 0. The summed E-state index contributed by atoms with van der Waals surface area (Å²) < 4.78 is 13.3. The van der Waals surface area contributed by atoms with Crippen molar-refractivity contribution in [3.8, 4) is 0 Å². The highest BCUT2D eigenvalue weighted by molar-refractivity contribution is 5.84. The van der Waals surface area contributed by atoms with Gasteiger partial charge in [-0.2, -0.15) is 0 Å². The van der Waals surface area contributed by atoms with Gasteiger partial charge >= 0.3 is 0 Å². The Hall–Kier alpha value is -1.46. The smallest absolute Gasteiger partial charge is 0.230 e. The Morgan fingerprint density at radius 1 is 1.15 bits per heavy atom. The van der Waals surface area contributed by atoms with Gasteiger partial charge in [0.15, 0.2) is 0 Å². The Morgan fingerprint density at radius 2 is 1.69 bits per heavy atom. The number of benzene rings is 1. The minimum atomic E-state index is -0.263. The summed E-state index contributed by atoms with van der Waals surface area (Å²) in [6.07, 6.45) is 0. The van der Waals surface area contributed by atoms with E-state index in [1.165, 1.54) is 12.1 Å². The highest BCUT2D eigenvalue weighted by Crippen LogP contribution is 2.29. The third kappa shape index (κ3) is 5.04. The number of halogens is 1. The van der Waals surface area contributed by atoms with Gasteiger partial charge in [-0.15, -0.1) is 0 Å². The number of hydrogen-bond acceptors (Lipinski definition) is 3. The number of nitrogens with zero attached hydrogens (tertiary/aromatic N) is 3. The van der Waals surface area contributed by atoms with E-state index in [2.05, 4.69) is 51.6 Å². The van der Waals surface area contributed by atoms with E-state index in [9.17, 15) is 9.18 Å². The fourth-order valence-corrected chi connectivity index (χ4v) is 3.97. The molecule has 146 valence electrons. The van der Waals surface area contributed by atoms with Crippen LogP contribution in [0, 0.1) is 11.7 Å². The van der Waals surface area contributed by atoms with E-state index in [1.54, 1.807) is 12.1 Å². The van der Waals surface area contributed by atoms with E-state index in [0.29, 0.717) is 12.1 Å². The molecule has 0 spiro atoms. The zero-order valence-corrected chi connectivity index (χ0v) is 17.1. The Balaban J connectivity index is 2.11. The Bertz CT molecular complexity index is 575. The Labute approximate surface area is 158 Å². The first kappa shape index (κ1) is 20.8. The van der Waals surface area contributed by atoms with Crippen molar-refractivity contribution >= 4 is 5.91 Å². The quantitative estimate of drug-likeness (QED) is 0.777. The van der Waals surface area contributed by atoms with E-state index in [0.717, 1.165) is 31.7 Å². The summed E-state index contributed by atoms with van der Waals surface area (Å²) in [4.78, 5) is 20.0. The van der Waals surface area contributed by atoms with E-state index in [1.807, 2.05) is 4.90 Å². The van der Waals surface area contributed by atoms with Gasteiger partial charge in [0.1, 0.15) is 5.82 Å². The van der Waals surface area contributed by atoms with Gasteiger partial charge in [0.05, 0.1) is 5.92 Å². The first-order valence-electron chi connectivity index (χ1n) is 9.65. The summed E-state index contributed by atoms with van der Waals surface area (Å²) in [5, 5.41) is 0.